The lowest BCUT2D eigenvalue weighted by atomic mass is 9.89. The smallest absolute Gasteiger partial charge is 0.151 e. The predicted octanol–water partition coefficient (Wildman–Crippen LogP) is 1.59. The van der Waals surface area contributed by atoms with E-state index in [1.54, 1.807) is 7.11 Å². The Balaban J connectivity index is 2.02. The summed E-state index contributed by atoms with van der Waals surface area (Å²) >= 11 is 0. The third-order valence-electron chi connectivity index (χ3n) is 2.99. The summed E-state index contributed by atoms with van der Waals surface area (Å²) in [4.78, 5) is 0. The van der Waals surface area contributed by atoms with E-state index >= 15 is 0 Å². The van der Waals surface area contributed by atoms with Crippen LogP contribution in [0.2, 0.25) is 0 Å². The molecule has 0 saturated heterocycles. The van der Waals surface area contributed by atoms with Crippen molar-refractivity contribution in [3.8, 4) is 0 Å². The van der Waals surface area contributed by atoms with E-state index in [-0.39, 0.29) is 0 Å². The molecule has 4 heteroatoms. The largest absolute Gasteiger partial charge is 0.383 e. The number of aromatic amines is 1. The zero-order chi connectivity index (χ0) is 10.7. The molecule has 2 rings (SSSR count). The normalized spacial score (nSPS) is 20.0. The molecule has 0 bridgehead atoms. The number of rotatable bonds is 4. The van der Waals surface area contributed by atoms with E-state index in [2.05, 4.69) is 22.4 Å². The quantitative estimate of drug-likeness (QED) is 0.740. The molecule has 1 unspecified atom stereocenters. The van der Waals surface area contributed by atoms with Gasteiger partial charge < -0.3 is 10.1 Å². The molecule has 0 spiro atoms. The van der Waals surface area contributed by atoms with Crippen LogP contribution in [0.15, 0.2) is 0 Å². The Kier molecular flexibility index (Phi) is 3.26. The fourth-order valence-corrected chi connectivity index (χ4v) is 2.09. The molecule has 0 fully saturated rings. The monoisotopic (exact) mass is 209 g/mol. The van der Waals surface area contributed by atoms with Crippen molar-refractivity contribution in [1.29, 1.82) is 0 Å². The highest BCUT2D eigenvalue weighted by Gasteiger charge is 2.20. The van der Waals surface area contributed by atoms with Crippen LogP contribution in [0.25, 0.3) is 0 Å². The van der Waals surface area contributed by atoms with Gasteiger partial charge in [0.05, 0.1) is 6.61 Å². The van der Waals surface area contributed by atoms with Crippen molar-refractivity contribution >= 4 is 5.82 Å². The topological polar surface area (TPSA) is 49.9 Å². The summed E-state index contributed by atoms with van der Waals surface area (Å²) in [7, 11) is 1.71. The highest BCUT2D eigenvalue weighted by atomic mass is 16.5. The van der Waals surface area contributed by atoms with Gasteiger partial charge in [-0.05, 0) is 25.2 Å². The van der Waals surface area contributed by atoms with Crippen LogP contribution in [-0.4, -0.2) is 30.5 Å². The summed E-state index contributed by atoms with van der Waals surface area (Å²) in [5, 5.41) is 10.7. The van der Waals surface area contributed by atoms with E-state index in [1.807, 2.05) is 0 Å². The second-order valence-corrected chi connectivity index (χ2v) is 4.30. The first-order valence-electron chi connectivity index (χ1n) is 5.60. The van der Waals surface area contributed by atoms with E-state index in [1.165, 1.54) is 17.7 Å². The Labute approximate surface area is 90.4 Å². The third kappa shape index (κ3) is 2.31. The van der Waals surface area contributed by atoms with Gasteiger partial charge in [0.2, 0.25) is 0 Å². The number of hydrogen-bond donors (Lipinski definition) is 2. The van der Waals surface area contributed by atoms with Gasteiger partial charge in [0.1, 0.15) is 0 Å². The van der Waals surface area contributed by atoms with Gasteiger partial charge >= 0.3 is 0 Å². The van der Waals surface area contributed by atoms with Gasteiger partial charge in [0, 0.05) is 24.9 Å². The van der Waals surface area contributed by atoms with Crippen molar-refractivity contribution in [2.24, 2.45) is 5.92 Å². The summed E-state index contributed by atoms with van der Waals surface area (Å²) in [5.41, 5.74) is 2.69. The second-order valence-electron chi connectivity index (χ2n) is 4.30. The Morgan fingerprint density at radius 1 is 1.60 bits per heavy atom. The Morgan fingerprint density at radius 3 is 3.27 bits per heavy atom. The maximum Gasteiger partial charge on any atom is 0.151 e. The van der Waals surface area contributed by atoms with Crippen LogP contribution >= 0.6 is 0 Å². The number of aryl methyl sites for hydroxylation is 1. The average molecular weight is 209 g/mol. The Bertz CT molecular complexity index is 322. The zero-order valence-corrected chi connectivity index (χ0v) is 9.47. The Hall–Kier alpha value is -1.03. The molecule has 1 aromatic heterocycles. The van der Waals surface area contributed by atoms with Crippen molar-refractivity contribution in [1.82, 2.24) is 10.2 Å². The number of methoxy groups -OCH3 is 1. The van der Waals surface area contributed by atoms with E-state index in [4.69, 9.17) is 4.74 Å². The van der Waals surface area contributed by atoms with Gasteiger partial charge in [0.15, 0.2) is 5.82 Å². The molecule has 0 aliphatic heterocycles. The fourth-order valence-electron chi connectivity index (χ4n) is 2.09. The lowest BCUT2D eigenvalue weighted by molar-refractivity contribution is 0.210. The second kappa shape index (κ2) is 4.66. The molecule has 1 aromatic rings. The number of nitrogens with one attached hydrogen (secondary N) is 2. The van der Waals surface area contributed by atoms with E-state index in [0.29, 0.717) is 0 Å². The standard InChI is InChI=1S/C11H19N3O/c1-8-3-4-10-9(7-8)11(14-13-10)12-5-6-15-2/h8H,3-7H2,1-2H3,(H2,12,13,14). The molecule has 0 radical (unpaired) electrons. The molecule has 1 atom stereocenters. The molecule has 4 nitrogen and oxygen atoms in total. The van der Waals surface area contributed by atoms with Crippen LogP contribution in [0, 0.1) is 5.92 Å². The van der Waals surface area contributed by atoms with Crippen LogP contribution in [0.1, 0.15) is 24.6 Å². The minimum absolute atomic E-state index is 0.719. The molecular formula is C11H19N3O. The van der Waals surface area contributed by atoms with E-state index < -0.39 is 0 Å². The predicted molar refractivity (Wildman–Crippen MR) is 60.1 cm³/mol. The van der Waals surface area contributed by atoms with Crippen LogP contribution < -0.4 is 5.32 Å². The molecule has 1 heterocycles. The van der Waals surface area contributed by atoms with Crippen LogP contribution in [0.3, 0.4) is 0 Å². The lowest BCUT2D eigenvalue weighted by Crippen LogP contribution is -2.13. The minimum atomic E-state index is 0.719. The summed E-state index contributed by atoms with van der Waals surface area (Å²) in [6, 6.07) is 0. The summed E-state index contributed by atoms with van der Waals surface area (Å²) in [5.74, 6) is 1.80. The van der Waals surface area contributed by atoms with Crippen LogP contribution in [-0.2, 0) is 17.6 Å². The molecule has 0 saturated carbocycles. The van der Waals surface area contributed by atoms with Crippen molar-refractivity contribution < 1.29 is 4.74 Å². The first-order chi connectivity index (χ1) is 7.31. The molecular weight excluding hydrogens is 190 g/mol. The maximum atomic E-state index is 5.00. The average Bonchev–Trinajstić information content (AvgIpc) is 2.62. The number of hydrogen-bond acceptors (Lipinski definition) is 3. The van der Waals surface area contributed by atoms with Gasteiger partial charge in [-0.15, -0.1) is 0 Å². The SMILES string of the molecule is COCCNc1n[nH]c2c1CC(C)CC2. The third-order valence-corrected chi connectivity index (χ3v) is 2.99. The first kappa shape index (κ1) is 10.5. The number of H-pyrrole nitrogens is 1. The molecule has 1 aliphatic carbocycles. The number of nitrogens with zero attached hydrogens (tertiary/aromatic N) is 1. The lowest BCUT2D eigenvalue weighted by Gasteiger charge is -2.18. The van der Waals surface area contributed by atoms with Gasteiger partial charge in [-0.2, -0.15) is 5.10 Å². The molecule has 2 N–H and O–H groups in total. The highest BCUT2D eigenvalue weighted by molar-refractivity contribution is 5.47. The maximum absolute atomic E-state index is 5.00. The molecule has 1 aliphatic rings. The number of ether oxygens (including phenoxy) is 1. The van der Waals surface area contributed by atoms with Crippen molar-refractivity contribution in [2.45, 2.75) is 26.2 Å². The summed E-state index contributed by atoms with van der Waals surface area (Å²) in [6.07, 6.45) is 3.54. The number of anilines is 1. The van der Waals surface area contributed by atoms with Gasteiger partial charge in [-0.1, -0.05) is 6.92 Å². The first-order valence-corrected chi connectivity index (χ1v) is 5.60. The van der Waals surface area contributed by atoms with Crippen LogP contribution in [0.4, 0.5) is 5.82 Å². The van der Waals surface area contributed by atoms with Gasteiger partial charge in [-0.25, -0.2) is 0 Å². The molecule has 0 amide bonds. The molecule has 84 valence electrons. The minimum Gasteiger partial charge on any atom is -0.383 e. The van der Waals surface area contributed by atoms with Crippen molar-refractivity contribution in [3.05, 3.63) is 11.3 Å². The van der Waals surface area contributed by atoms with E-state index in [0.717, 1.165) is 37.7 Å². The Morgan fingerprint density at radius 2 is 2.47 bits per heavy atom. The van der Waals surface area contributed by atoms with E-state index in [9.17, 15) is 0 Å². The van der Waals surface area contributed by atoms with Crippen molar-refractivity contribution in [3.63, 3.8) is 0 Å². The summed E-state index contributed by atoms with van der Waals surface area (Å²) in [6.45, 7) is 3.84. The van der Waals surface area contributed by atoms with Gasteiger partial charge in [0.25, 0.3) is 0 Å². The summed E-state index contributed by atoms with van der Waals surface area (Å²) < 4.78 is 5.00. The molecule has 0 aromatic carbocycles. The number of fused-ring (bicyclic) bond motifs is 1. The number of aromatic nitrogens is 2. The molecule has 15 heavy (non-hydrogen) atoms. The van der Waals surface area contributed by atoms with Crippen LogP contribution in [0.5, 0.6) is 0 Å². The fraction of sp³-hybridized carbons (Fsp3) is 0.727. The van der Waals surface area contributed by atoms with Crippen molar-refractivity contribution in [2.75, 3.05) is 25.6 Å². The zero-order valence-electron chi connectivity index (χ0n) is 9.47. The van der Waals surface area contributed by atoms with Gasteiger partial charge in [-0.3, -0.25) is 5.10 Å². The highest BCUT2D eigenvalue weighted by Crippen LogP contribution is 2.28.